The third kappa shape index (κ3) is 3.34. The Bertz CT molecular complexity index is 679. The number of aliphatic carboxylic acids is 1. The number of carboxylic acids is 1. The van der Waals surface area contributed by atoms with Gasteiger partial charge in [0.2, 0.25) is 0 Å². The number of hydrogen-bond donors (Lipinski definition) is 1. The monoisotopic (exact) mass is 308 g/mol. The second-order valence-electron chi connectivity index (χ2n) is 6.20. The van der Waals surface area contributed by atoms with E-state index < -0.39 is 17.8 Å². The van der Waals surface area contributed by atoms with Gasteiger partial charge in [0.25, 0.3) is 0 Å². The SMILES string of the molecule is O=C(O)[C@@H]1CC[C@@H](c2ccccc2)C[C@H]1C(=O)c1ccccc1. The fourth-order valence-corrected chi connectivity index (χ4v) is 3.60. The minimum Gasteiger partial charge on any atom is -0.481 e. The molecule has 0 radical (unpaired) electrons. The van der Waals surface area contributed by atoms with Gasteiger partial charge in [-0.25, -0.2) is 0 Å². The summed E-state index contributed by atoms with van der Waals surface area (Å²) in [6.07, 6.45) is 1.98. The fourth-order valence-electron chi connectivity index (χ4n) is 3.60. The summed E-state index contributed by atoms with van der Waals surface area (Å²) in [5.74, 6) is -1.68. The van der Waals surface area contributed by atoms with Crippen LogP contribution in [-0.4, -0.2) is 16.9 Å². The van der Waals surface area contributed by atoms with Crippen molar-refractivity contribution in [3.05, 3.63) is 71.8 Å². The molecule has 0 saturated heterocycles. The molecule has 1 aliphatic rings. The molecule has 0 heterocycles. The molecule has 1 N–H and O–H groups in total. The van der Waals surface area contributed by atoms with E-state index in [1.54, 1.807) is 12.1 Å². The van der Waals surface area contributed by atoms with Gasteiger partial charge in [0.15, 0.2) is 5.78 Å². The maximum atomic E-state index is 12.8. The lowest BCUT2D eigenvalue weighted by Crippen LogP contribution is -2.35. The first-order valence-electron chi connectivity index (χ1n) is 8.04. The Morgan fingerprint density at radius 2 is 1.43 bits per heavy atom. The van der Waals surface area contributed by atoms with Gasteiger partial charge in [-0.05, 0) is 30.7 Å². The smallest absolute Gasteiger partial charge is 0.307 e. The van der Waals surface area contributed by atoms with Gasteiger partial charge in [-0.1, -0.05) is 60.7 Å². The summed E-state index contributed by atoms with van der Waals surface area (Å²) in [6.45, 7) is 0. The van der Waals surface area contributed by atoms with Crippen LogP contribution in [0.1, 0.15) is 41.1 Å². The predicted octanol–water partition coefficient (Wildman–Crippen LogP) is 4.15. The topological polar surface area (TPSA) is 54.4 Å². The van der Waals surface area contributed by atoms with Crippen molar-refractivity contribution in [1.82, 2.24) is 0 Å². The molecule has 3 atom stereocenters. The zero-order valence-corrected chi connectivity index (χ0v) is 12.9. The van der Waals surface area contributed by atoms with E-state index in [9.17, 15) is 14.7 Å². The lowest BCUT2D eigenvalue weighted by atomic mass is 9.69. The highest BCUT2D eigenvalue weighted by Crippen LogP contribution is 2.41. The average Bonchev–Trinajstić information content (AvgIpc) is 2.62. The Kier molecular flexibility index (Phi) is 4.56. The summed E-state index contributed by atoms with van der Waals surface area (Å²) in [7, 11) is 0. The quantitative estimate of drug-likeness (QED) is 0.863. The number of carboxylic acid groups (broad SMARTS) is 1. The number of carbonyl (C=O) groups is 2. The van der Waals surface area contributed by atoms with Crippen molar-refractivity contribution >= 4 is 11.8 Å². The minimum atomic E-state index is -0.856. The van der Waals surface area contributed by atoms with Crippen LogP contribution in [0.3, 0.4) is 0 Å². The molecule has 0 spiro atoms. The number of rotatable bonds is 4. The number of benzene rings is 2. The van der Waals surface area contributed by atoms with Crippen molar-refractivity contribution in [2.75, 3.05) is 0 Å². The first-order chi connectivity index (χ1) is 11.2. The van der Waals surface area contributed by atoms with Crippen molar-refractivity contribution in [1.29, 1.82) is 0 Å². The Morgan fingerprint density at radius 1 is 0.826 bits per heavy atom. The molecule has 0 amide bonds. The molecular weight excluding hydrogens is 288 g/mol. The molecule has 2 aromatic carbocycles. The van der Waals surface area contributed by atoms with Crippen molar-refractivity contribution in [3.63, 3.8) is 0 Å². The van der Waals surface area contributed by atoms with Gasteiger partial charge in [-0.15, -0.1) is 0 Å². The zero-order valence-electron chi connectivity index (χ0n) is 12.9. The van der Waals surface area contributed by atoms with Crippen LogP contribution in [0.25, 0.3) is 0 Å². The van der Waals surface area contributed by atoms with E-state index in [0.717, 1.165) is 6.42 Å². The first kappa shape index (κ1) is 15.5. The second-order valence-corrected chi connectivity index (χ2v) is 6.20. The maximum Gasteiger partial charge on any atom is 0.307 e. The summed E-state index contributed by atoms with van der Waals surface area (Å²) in [5, 5.41) is 9.51. The van der Waals surface area contributed by atoms with Crippen LogP contribution in [0, 0.1) is 11.8 Å². The summed E-state index contributed by atoms with van der Waals surface area (Å²) < 4.78 is 0. The van der Waals surface area contributed by atoms with Gasteiger partial charge in [0, 0.05) is 11.5 Å². The molecule has 0 unspecified atom stereocenters. The molecule has 23 heavy (non-hydrogen) atoms. The normalized spacial score (nSPS) is 24.1. The van der Waals surface area contributed by atoms with Crippen LogP contribution in [-0.2, 0) is 4.79 Å². The van der Waals surface area contributed by atoms with E-state index in [0.29, 0.717) is 18.4 Å². The average molecular weight is 308 g/mol. The van der Waals surface area contributed by atoms with Gasteiger partial charge in [-0.3, -0.25) is 9.59 Å². The largest absolute Gasteiger partial charge is 0.481 e. The molecular formula is C20H20O3. The van der Waals surface area contributed by atoms with Crippen LogP contribution in [0.2, 0.25) is 0 Å². The molecule has 0 bridgehead atoms. The zero-order chi connectivity index (χ0) is 16.2. The van der Waals surface area contributed by atoms with E-state index in [1.165, 1.54) is 5.56 Å². The lowest BCUT2D eigenvalue weighted by Gasteiger charge is -2.33. The molecule has 1 saturated carbocycles. The van der Waals surface area contributed by atoms with Crippen molar-refractivity contribution < 1.29 is 14.7 Å². The van der Waals surface area contributed by atoms with E-state index in [1.807, 2.05) is 36.4 Å². The van der Waals surface area contributed by atoms with E-state index >= 15 is 0 Å². The van der Waals surface area contributed by atoms with E-state index in [2.05, 4.69) is 12.1 Å². The molecule has 3 heteroatoms. The van der Waals surface area contributed by atoms with Gasteiger partial charge in [0.05, 0.1) is 5.92 Å². The molecule has 0 aromatic heterocycles. The predicted molar refractivity (Wildman–Crippen MR) is 88.4 cm³/mol. The molecule has 2 aromatic rings. The van der Waals surface area contributed by atoms with E-state index in [4.69, 9.17) is 0 Å². The molecule has 1 fully saturated rings. The Balaban J connectivity index is 1.86. The Labute approximate surface area is 136 Å². The number of ketones is 1. The molecule has 118 valence electrons. The molecule has 1 aliphatic carbocycles. The minimum absolute atomic E-state index is 0.0429. The van der Waals surface area contributed by atoms with Crippen LogP contribution in [0.4, 0.5) is 0 Å². The first-order valence-corrected chi connectivity index (χ1v) is 8.04. The highest BCUT2D eigenvalue weighted by molar-refractivity contribution is 6.00. The Morgan fingerprint density at radius 3 is 2.04 bits per heavy atom. The standard InChI is InChI=1S/C20H20O3/c21-19(15-9-5-2-6-10-15)18-13-16(11-12-17(18)20(22)23)14-7-3-1-4-8-14/h1-10,16-18H,11-13H2,(H,22,23)/t16-,17-,18-/m1/s1. The van der Waals surface area contributed by atoms with Crippen LogP contribution in [0.15, 0.2) is 60.7 Å². The molecule has 3 nitrogen and oxygen atoms in total. The van der Waals surface area contributed by atoms with Crippen LogP contribution in [0.5, 0.6) is 0 Å². The van der Waals surface area contributed by atoms with E-state index in [-0.39, 0.29) is 11.7 Å². The van der Waals surface area contributed by atoms with Crippen LogP contribution < -0.4 is 0 Å². The van der Waals surface area contributed by atoms with Gasteiger partial charge in [0.1, 0.15) is 0 Å². The molecule has 3 rings (SSSR count). The summed E-state index contributed by atoms with van der Waals surface area (Å²) in [5.41, 5.74) is 1.81. The van der Waals surface area contributed by atoms with Gasteiger partial charge in [-0.2, -0.15) is 0 Å². The van der Waals surface area contributed by atoms with Gasteiger partial charge < -0.3 is 5.11 Å². The van der Waals surface area contributed by atoms with Gasteiger partial charge >= 0.3 is 5.97 Å². The lowest BCUT2D eigenvalue weighted by molar-refractivity contribution is -0.144. The highest BCUT2D eigenvalue weighted by atomic mass is 16.4. The summed E-state index contributed by atoms with van der Waals surface area (Å²) in [4.78, 5) is 24.4. The van der Waals surface area contributed by atoms with Crippen molar-refractivity contribution in [3.8, 4) is 0 Å². The highest BCUT2D eigenvalue weighted by Gasteiger charge is 2.39. The molecule has 0 aliphatic heterocycles. The number of carbonyl (C=O) groups excluding carboxylic acids is 1. The third-order valence-electron chi connectivity index (χ3n) is 4.83. The number of Topliss-reactive ketones (excluding diaryl/α,β-unsaturated/α-hetero) is 1. The fraction of sp³-hybridized carbons (Fsp3) is 0.300. The Hall–Kier alpha value is -2.42. The third-order valence-corrected chi connectivity index (χ3v) is 4.83. The second kappa shape index (κ2) is 6.78. The summed E-state index contributed by atoms with van der Waals surface area (Å²) in [6, 6.07) is 19.1. The maximum absolute atomic E-state index is 12.8. The van der Waals surface area contributed by atoms with Crippen LogP contribution >= 0.6 is 0 Å². The van der Waals surface area contributed by atoms with Crippen molar-refractivity contribution in [2.24, 2.45) is 11.8 Å². The number of hydrogen-bond acceptors (Lipinski definition) is 2. The summed E-state index contributed by atoms with van der Waals surface area (Å²) >= 11 is 0. The van der Waals surface area contributed by atoms with Crippen molar-refractivity contribution in [2.45, 2.75) is 25.2 Å².